The van der Waals surface area contributed by atoms with E-state index in [1.807, 2.05) is 23.8 Å². The molecule has 2 N–H and O–H groups in total. The molecule has 0 spiro atoms. The average molecular weight is 430 g/mol. The van der Waals surface area contributed by atoms with Crippen molar-refractivity contribution in [3.05, 3.63) is 51.9 Å². The van der Waals surface area contributed by atoms with Crippen LogP contribution in [0.3, 0.4) is 0 Å². The molecule has 8 heteroatoms. The van der Waals surface area contributed by atoms with Crippen molar-refractivity contribution < 1.29 is 14.3 Å². The molecule has 0 bridgehead atoms. The number of methoxy groups -OCH3 is 2. The van der Waals surface area contributed by atoms with Gasteiger partial charge >= 0.3 is 0 Å². The van der Waals surface area contributed by atoms with Crippen molar-refractivity contribution in [1.82, 2.24) is 10.2 Å². The van der Waals surface area contributed by atoms with E-state index in [1.165, 1.54) is 0 Å². The van der Waals surface area contributed by atoms with E-state index in [2.05, 4.69) is 15.5 Å². The number of anilines is 1. The first kappa shape index (κ1) is 19.7. The second-order valence-corrected chi connectivity index (χ2v) is 8.23. The third kappa shape index (κ3) is 3.82. The monoisotopic (exact) mass is 429 g/mol. The van der Waals surface area contributed by atoms with Crippen LogP contribution < -0.4 is 20.1 Å². The van der Waals surface area contributed by atoms with Crippen molar-refractivity contribution in [2.75, 3.05) is 19.5 Å². The number of carbonyl (C=O) groups is 1. The van der Waals surface area contributed by atoms with Gasteiger partial charge in [0, 0.05) is 17.8 Å². The lowest BCUT2D eigenvalue weighted by Crippen LogP contribution is -2.49. The number of nitrogens with zero attached hydrogens (tertiary/aromatic N) is 1. The van der Waals surface area contributed by atoms with Gasteiger partial charge in [-0.25, -0.2) is 0 Å². The van der Waals surface area contributed by atoms with Gasteiger partial charge in [-0.3, -0.25) is 4.79 Å². The lowest BCUT2D eigenvalue weighted by atomic mass is 9.96. The molecule has 2 heterocycles. The lowest BCUT2D eigenvalue weighted by Gasteiger charge is -2.37. The van der Waals surface area contributed by atoms with Crippen LogP contribution in [0, 0.1) is 0 Å². The van der Waals surface area contributed by atoms with Crippen LogP contribution in [0.2, 0.25) is 0 Å². The third-order valence-electron chi connectivity index (χ3n) is 5.21. The molecule has 1 aromatic heterocycles. The summed E-state index contributed by atoms with van der Waals surface area (Å²) < 4.78 is 10.7. The summed E-state index contributed by atoms with van der Waals surface area (Å²) in [4.78, 5) is 15.6. The van der Waals surface area contributed by atoms with Gasteiger partial charge in [0.2, 0.25) is 0 Å². The van der Waals surface area contributed by atoms with E-state index in [9.17, 15) is 4.79 Å². The Morgan fingerprint density at radius 1 is 1.28 bits per heavy atom. The van der Waals surface area contributed by atoms with E-state index in [-0.39, 0.29) is 11.9 Å². The second-order valence-electron chi connectivity index (χ2n) is 7.06. The van der Waals surface area contributed by atoms with Crippen LogP contribution in [-0.2, 0) is 4.79 Å². The van der Waals surface area contributed by atoms with Gasteiger partial charge in [0.25, 0.3) is 5.91 Å². The molecule has 1 amide bonds. The molecular formula is C21H23N3O3S2. The van der Waals surface area contributed by atoms with E-state index >= 15 is 0 Å². The van der Waals surface area contributed by atoms with Crippen LogP contribution in [0.5, 0.6) is 11.5 Å². The Kier molecular flexibility index (Phi) is 5.47. The molecule has 29 heavy (non-hydrogen) atoms. The van der Waals surface area contributed by atoms with Gasteiger partial charge in [0.15, 0.2) is 5.11 Å². The lowest BCUT2D eigenvalue weighted by molar-refractivity contribution is -0.113. The van der Waals surface area contributed by atoms with Gasteiger partial charge in [-0.15, -0.1) is 0 Å². The summed E-state index contributed by atoms with van der Waals surface area (Å²) in [6.07, 6.45) is 2.17. The van der Waals surface area contributed by atoms with E-state index in [4.69, 9.17) is 21.7 Å². The van der Waals surface area contributed by atoms with Gasteiger partial charge in [0.05, 0.1) is 31.5 Å². The summed E-state index contributed by atoms with van der Waals surface area (Å²) in [6.45, 7) is 1.97. The zero-order valence-electron chi connectivity index (χ0n) is 16.5. The summed E-state index contributed by atoms with van der Waals surface area (Å²) in [5.74, 6) is 1.03. The predicted octanol–water partition coefficient (Wildman–Crippen LogP) is 4.07. The fraction of sp³-hybridized carbons (Fsp3) is 0.333. The molecule has 1 fully saturated rings. The number of allylic oxidation sites excluding steroid dienone is 1. The van der Waals surface area contributed by atoms with Crippen molar-refractivity contribution in [2.45, 2.75) is 31.8 Å². The van der Waals surface area contributed by atoms with Crippen molar-refractivity contribution in [1.29, 1.82) is 0 Å². The van der Waals surface area contributed by atoms with E-state index in [1.54, 1.807) is 43.8 Å². The van der Waals surface area contributed by atoms with Gasteiger partial charge in [-0.1, -0.05) is 0 Å². The number of thiocarbonyl (C=S) groups is 1. The van der Waals surface area contributed by atoms with Gasteiger partial charge < -0.3 is 25.0 Å². The van der Waals surface area contributed by atoms with Crippen LogP contribution in [0.1, 0.15) is 31.4 Å². The van der Waals surface area contributed by atoms with Crippen LogP contribution in [0.4, 0.5) is 5.69 Å². The Bertz CT molecular complexity index is 968. The highest BCUT2D eigenvalue weighted by molar-refractivity contribution is 7.80. The summed E-state index contributed by atoms with van der Waals surface area (Å²) in [7, 11) is 3.16. The molecule has 4 rings (SSSR count). The quantitative estimate of drug-likeness (QED) is 0.675. The van der Waals surface area contributed by atoms with E-state index in [0.717, 1.165) is 24.1 Å². The van der Waals surface area contributed by atoms with Crippen LogP contribution >= 0.6 is 23.6 Å². The van der Waals surface area contributed by atoms with Crippen LogP contribution in [-0.4, -0.2) is 36.2 Å². The Balaban J connectivity index is 1.73. The highest BCUT2D eigenvalue weighted by Gasteiger charge is 2.40. The minimum absolute atomic E-state index is 0.189. The molecule has 1 saturated carbocycles. The number of nitrogens with one attached hydrogen (secondary N) is 2. The number of ether oxygens (including phenoxy) is 2. The maximum absolute atomic E-state index is 13.5. The first-order valence-corrected chi connectivity index (χ1v) is 10.7. The van der Waals surface area contributed by atoms with Crippen molar-refractivity contribution >= 4 is 40.3 Å². The second kappa shape index (κ2) is 8.04. The van der Waals surface area contributed by atoms with Crippen molar-refractivity contribution in [2.24, 2.45) is 0 Å². The smallest absolute Gasteiger partial charge is 0.255 e. The predicted molar refractivity (Wildman–Crippen MR) is 119 cm³/mol. The number of rotatable bonds is 6. The number of benzene rings is 1. The number of hydrogen-bond donors (Lipinski definition) is 2. The Morgan fingerprint density at radius 2 is 2.07 bits per heavy atom. The number of thiophene rings is 1. The average Bonchev–Trinajstić information content (AvgIpc) is 3.38. The van der Waals surface area contributed by atoms with Crippen molar-refractivity contribution in [3.63, 3.8) is 0 Å². The maximum Gasteiger partial charge on any atom is 0.255 e. The maximum atomic E-state index is 13.5. The molecule has 1 aromatic carbocycles. The van der Waals surface area contributed by atoms with Crippen LogP contribution in [0.25, 0.3) is 0 Å². The Morgan fingerprint density at radius 3 is 2.69 bits per heavy atom. The van der Waals surface area contributed by atoms with Gasteiger partial charge in [0.1, 0.15) is 11.5 Å². The summed E-state index contributed by atoms with van der Waals surface area (Å²) in [6, 6.07) is 7.42. The van der Waals surface area contributed by atoms with Crippen LogP contribution in [0.15, 0.2) is 46.3 Å². The Labute approximate surface area is 179 Å². The summed E-state index contributed by atoms with van der Waals surface area (Å²) in [5.41, 5.74) is 3.14. The largest absolute Gasteiger partial charge is 0.497 e. The molecule has 1 aliphatic carbocycles. The topological polar surface area (TPSA) is 62.8 Å². The summed E-state index contributed by atoms with van der Waals surface area (Å²) in [5, 5.41) is 11.1. The molecule has 152 valence electrons. The third-order valence-corrected chi connectivity index (χ3v) is 6.23. The SMILES string of the molecule is COc1ccc(OC)c(NC(=O)C2=C(C)N(C3CC3)C(=S)NC2c2ccsc2)c1. The fourth-order valence-corrected chi connectivity index (χ4v) is 4.70. The fourth-order valence-electron chi connectivity index (χ4n) is 3.61. The van der Waals surface area contributed by atoms with E-state index < -0.39 is 0 Å². The molecular weight excluding hydrogens is 406 g/mol. The molecule has 2 aliphatic rings. The molecule has 0 saturated heterocycles. The normalized spacial score (nSPS) is 19.1. The minimum atomic E-state index is -0.291. The van der Waals surface area contributed by atoms with Gasteiger partial charge in [-0.05, 0) is 66.5 Å². The molecule has 1 unspecified atom stereocenters. The summed E-state index contributed by atoms with van der Waals surface area (Å²) >= 11 is 7.23. The van der Waals surface area contributed by atoms with Crippen molar-refractivity contribution in [3.8, 4) is 11.5 Å². The molecule has 6 nitrogen and oxygen atoms in total. The molecule has 1 aliphatic heterocycles. The minimum Gasteiger partial charge on any atom is -0.497 e. The molecule has 1 atom stereocenters. The number of carbonyl (C=O) groups excluding carboxylic acids is 1. The molecule has 0 radical (unpaired) electrons. The Hall–Kier alpha value is -2.58. The zero-order valence-corrected chi connectivity index (χ0v) is 18.2. The highest BCUT2D eigenvalue weighted by atomic mass is 32.1. The zero-order chi connectivity index (χ0) is 20.5. The highest BCUT2D eigenvalue weighted by Crippen LogP contribution is 2.39. The molecule has 2 aromatic rings. The number of amides is 1. The number of hydrogen-bond acceptors (Lipinski definition) is 5. The standard InChI is InChI=1S/C21H23N3O3S2/c1-12-18(20(25)22-16-10-15(26-2)6-7-17(16)27-3)19(13-8-9-29-11-13)23-21(28)24(12)14-4-5-14/h6-11,14,19H,4-5H2,1-3H3,(H,22,25)(H,23,28). The van der Waals surface area contributed by atoms with Gasteiger partial charge in [-0.2, -0.15) is 11.3 Å². The first-order chi connectivity index (χ1) is 14.0. The first-order valence-electron chi connectivity index (χ1n) is 9.39. The van der Waals surface area contributed by atoms with E-state index in [0.29, 0.717) is 33.9 Å².